The third kappa shape index (κ3) is 2.79. The van der Waals surface area contributed by atoms with Crippen LogP contribution in [0.1, 0.15) is 5.69 Å². The Morgan fingerprint density at radius 2 is 2.00 bits per heavy atom. The van der Waals surface area contributed by atoms with Crippen molar-refractivity contribution in [2.75, 3.05) is 6.54 Å². The third-order valence-corrected chi connectivity index (χ3v) is 4.20. The van der Waals surface area contributed by atoms with Gasteiger partial charge in [-0.1, -0.05) is 18.1 Å². The van der Waals surface area contributed by atoms with Crippen LogP contribution in [0.15, 0.2) is 47.5 Å². The molecule has 0 unspecified atom stereocenters. The van der Waals surface area contributed by atoms with Crippen molar-refractivity contribution >= 4 is 29.0 Å². The Balaban J connectivity index is 1.98. The van der Waals surface area contributed by atoms with E-state index in [4.69, 9.17) is 6.42 Å². The molecule has 0 aliphatic carbocycles. The fourth-order valence-electron chi connectivity index (χ4n) is 2.24. The number of carbonyl (C=O) groups is 2. The van der Waals surface area contributed by atoms with Gasteiger partial charge in [-0.3, -0.25) is 14.5 Å². The molecule has 1 aromatic carbocycles. The first kappa shape index (κ1) is 15.1. The van der Waals surface area contributed by atoms with Crippen LogP contribution in [0.2, 0.25) is 0 Å². The van der Waals surface area contributed by atoms with Gasteiger partial charge in [0.05, 0.1) is 17.1 Å². The normalized spacial score (nSPS) is 16.2. The fourth-order valence-corrected chi connectivity index (χ4v) is 3.06. The van der Waals surface area contributed by atoms with E-state index < -0.39 is 11.1 Å². The smallest absolute Gasteiger partial charge is 0.294 e. The van der Waals surface area contributed by atoms with Crippen molar-refractivity contribution in [2.24, 2.45) is 0 Å². The summed E-state index contributed by atoms with van der Waals surface area (Å²) in [5, 5.41) is -0.400. The maximum absolute atomic E-state index is 13.9. The first-order chi connectivity index (χ1) is 11.1. The van der Waals surface area contributed by atoms with Crippen LogP contribution in [0.4, 0.5) is 9.18 Å². The SMILES string of the molecule is C#CCN1C(=O)S/C(=C/c2cccn2-c2ccccc2F)C1=O. The van der Waals surface area contributed by atoms with Gasteiger partial charge in [0.25, 0.3) is 11.1 Å². The minimum Gasteiger partial charge on any atom is -0.314 e. The molecular formula is C17H11FN2O2S. The van der Waals surface area contributed by atoms with E-state index in [0.717, 1.165) is 16.7 Å². The van der Waals surface area contributed by atoms with E-state index in [-0.39, 0.29) is 17.3 Å². The van der Waals surface area contributed by atoms with Crippen molar-refractivity contribution in [3.8, 4) is 18.0 Å². The summed E-state index contributed by atoms with van der Waals surface area (Å²) < 4.78 is 15.6. The maximum Gasteiger partial charge on any atom is 0.294 e. The summed E-state index contributed by atoms with van der Waals surface area (Å²) in [5.74, 6) is 1.48. The number of halogens is 1. The van der Waals surface area contributed by atoms with Gasteiger partial charge in [-0.05, 0) is 42.1 Å². The number of hydrogen-bond acceptors (Lipinski definition) is 3. The van der Waals surface area contributed by atoms with Crippen molar-refractivity contribution < 1.29 is 14.0 Å². The van der Waals surface area contributed by atoms with Gasteiger partial charge in [-0.15, -0.1) is 6.42 Å². The fraction of sp³-hybridized carbons (Fsp3) is 0.0588. The molecule has 1 aliphatic heterocycles. The molecule has 2 amide bonds. The summed E-state index contributed by atoms with van der Waals surface area (Å²) in [5.41, 5.74) is 0.966. The van der Waals surface area contributed by atoms with Crippen LogP contribution in [0.25, 0.3) is 11.8 Å². The van der Waals surface area contributed by atoms with Crippen LogP contribution >= 0.6 is 11.8 Å². The molecule has 1 saturated heterocycles. The van der Waals surface area contributed by atoms with Gasteiger partial charge in [-0.2, -0.15) is 0 Å². The minimum absolute atomic E-state index is 0.0592. The Morgan fingerprint density at radius 1 is 1.22 bits per heavy atom. The van der Waals surface area contributed by atoms with Gasteiger partial charge in [-0.25, -0.2) is 4.39 Å². The van der Waals surface area contributed by atoms with Crippen LogP contribution in [0.5, 0.6) is 0 Å². The van der Waals surface area contributed by atoms with Gasteiger partial charge in [0.1, 0.15) is 5.82 Å². The topological polar surface area (TPSA) is 42.3 Å². The number of aromatic nitrogens is 1. The predicted octanol–water partition coefficient (Wildman–Crippen LogP) is 3.29. The second kappa shape index (κ2) is 6.15. The van der Waals surface area contributed by atoms with Gasteiger partial charge >= 0.3 is 0 Å². The van der Waals surface area contributed by atoms with Gasteiger partial charge < -0.3 is 4.57 Å². The predicted molar refractivity (Wildman–Crippen MR) is 87.2 cm³/mol. The highest BCUT2D eigenvalue weighted by molar-refractivity contribution is 8.18. The summed E-state index contributed by atoms with van der Waals surface area (Å²) in [6.45, 7) is -0.0592. The summed E-state index contributed by atoms with van der Waals surface area (Å²) in [6, 6.07) is 9.80. The molecule has 0 bridgehead atoms. The number of amides is 2. The van der Waals surface area contributed by atoms with E-state index in [1.165, 1.54) is 6.07 Å². The van der Waals surface area contributed by atoms with Crippen molar-refractivity contribution in [1.29, 1.82) is 0 Å². The zero-order valence-electron chi connectivity index (χ0n) is 11.9. The molecule has 114 valence electrons. The van der Waals surface area contributed by atoms with Crippen molar-refractivity contribution in [1.82, 2.24) is 9.47 Å². The molecule has 0 spiro atoms. The van der Waals surface area contributed by atoms with E-state index in [9.17, 15) is 14.0 Å². The van der Waals surface area contributed by atoms with Crippen LogP contribution in [0.3, 0.4) is 0 Å². The molecule has 6 heteroatoms. The molecule has 0 atom stereocenters. The second-order valence-corrected chi connectivity index (χ2v) is 5.72. The highest BCUT2D eigenvalue weighted by atomic mass is 32.2. The average molecular weight is 326 g/mol. The molecule has 3 rings (SSSR count). The molecule has 0 saturated carbocycles. The highest BCUT2D eigenvalue weighted by Gasteiger charge is 2.34. The number of imide groups is 1. The molecule has 2 aromatic rings. The Kier molecular flexibility index (Phi) is 4.04. The molecule has 23 heavy (non-hydrogen) atoms. The Bertz CT molecular complexity index is 863. The van der Waals surface area contributed by atoms with E-state index in [2.05, 4.69) is 5.92 Å². The molecule has 1 aliphatic rings. The molecule has 4 nitrogen and oxygen atoms in total. The second-order valence-electron chi connectivity index (χ2n) is 4.73. The lowest BCUT2D eigenvalue weighted by atomic mass is 10.3. The number of nitrogens with zero attached hydrogens (tertiary/aromatic N) is 2. The number of terminal acetylenes is 1. The van der Waals surface area contributed by atoms with E-state index in [1.807, 2.05) is 0 Å². The lowest BCUT2D eigenvalue weighted by Gasteiger charge is -2.08. The van der Waals surface area contributed by atoms with E-state index >= 15 is 0 Å². The Hall–Kier alpha value is -2.78. The quantitative estimate of drug-likeness (QED) is 0.642. The molecular weight excluding hydrogens is 315 g/mol. The van der Waals surface area contributed by atoms with E-state index in [0.29, 0.717) is 11.4 Å². The molecule has 1 fully saturated rings. The van der Waals surface area contributed by atoms with Crippen LogP contribution in [-0.2, 0) is 4.79 Å². The van der Waals surface area contributed by atoms with Crippen molar-refractivity contribution in [2.45, 2.75) is 0 Å². The molecule has 0 N–H and O–H groups in total. The molecule has 2 heterocycles. The number of hydrogen-bond donors (Lipinski definition) is 0. The van der Waals surface area contributed by atoms with Crippen molar-refractivity contribution in [3.05, 3.63) is 59.0 Å². The van der Waals surface area contributed by atoms with E-state index in [1.54, 1.807) is 47.2 Å². The third-order valence-electron chi connectivity index (χ3n) is 3.29. The van der Waals surface area contributed by atoms with Gasteiger partial charge in [0.2, 0.25) is 0 Å². The minimum atomic E-state index is -0.431. The van der Waals surface area contributed by atoms with Crippen LogP contribution < -0.4 is 0 Å². The summed E-state index contributed by atoms with van der Waals surface area (Å²) in [7, 11) is 0. The highest BCUT2D eigenvalue weighted by Crippen LogP contribution is 2.32. The largest absolute Gasteiger partial charge is 0.314 e. The monoisotopic (exact) mass is 326 g/mol. The standard InChI is InChI=1S/C17H11FN2O2S/c1-2-9-20-16(21)15(23-17(20)22)11-12-6-5-10-19(12)14-8-4-3-7-13(14)18/h1,3-8,10-11H,9H2/b15-11+. The van der Waals surface area contributed by atoms with Crippen LogP contribution in [-0.4, -0.2) is 27.2 Å². The van der Waals surface area contributed by atoms with Crippen molar-refractivity contribution in [3.63, 3.8) is 0 Å². The number of benzene rings is 1. The lowest BCUT2D eigenvalue weighted by Crippen LogP contribution is -2.28. The average Bonchev–Trinajstić information content (AvgIpc) is 3.09. The Labute approximate surface area is 136 Å². The molecule has 1 aromatic heterocycles. The zero-order valence-corrected chi connectivity index (χ0v) is 12.7. The summed E-state index contributed by atoms with van der Waals surface area (Å²) in [6.07, 6.45) is 8.41. The maximum atomic E-state index is 13.9. The zero-order chi connectivity index (χ0) is 16.4. The number of carbonyl (C=O) groups excluding carboxylic acids is 2. The van der Waals surface area contributed by atoms with Gasteiger partial charge in [0, 0.05) is 11.9 Å². The number of rotatable bonds is 3. The summed E-state index contributed by atoms with van der Waals surface area (Å²) in [4.78, 5) is 25.2. The van der Waals surface area contributed by atoms with Crippen LogP contribution in [0, 0.1) is 18.2 Å². The molecule has 0 radical (unpaired) electrons. The first-order valence-corrected chi connectivity index (χ1v) is 7.54. The van der Waals surface area contributed by atoms with Gasteiger partial charge in [0.15, 0.2) is 0 Å². The number of para-hydroxylation sites is 1. The Morgan fingerprint density at radius 3 is 2.74 bits per heavy atom. The summed E-state index contributed by atoms with van der Waals surface area (Å²) >= 11 is 0.824. The lowest BCUT2D eigenvalue weighted by molar-refractivity contribution is -0.122. The number of thioether (sulfide) groups is 1. The first-order valence-electron chi connectivity index (χ1n) is 6.73.